The summed E-state index contributed by atoms with van der Waals surface area (Å²) in [5, 5.41) is 7.82. The van der Waals surface area contributed by atoms with Gasteiger partial charge in [-0.1, -0.05) is 12.1 Å². The van der Waals surface area contributed by atoms with Gasteiger partial charge in [0.2, 0.25) is 0 Å². The predicted molar refractivity (Wildman–Crippen MR) is 68.9 cm³/mol. The first-order valence-electron chi connectivity index (χ1n) is 6.26. The molecule has 0 radical (unpaired) electrons. The molecule has 1 aromatic carbocycles. The third-order valence-corrected chi connectivity index (χ3v) is 3.58. The predicted octanol–water partition coefficient (Wildman–Crippen LogP) is 2.53. The van der Waals surface area contributed by atoms with Gasteiger partial charge >= 0.3 is 0 Å². The molecule has 3 rings (SSSR count). The van der Waals surface area contributed by atoms with Crippen molar-refractivity contribution >= 4 is 0 Å². The van der Waals surface area contributed by atoms with E-state index >= 15 is 0 Å². The molecule has 18 heavy (non-hydrogen) atoms. The van der Waals surface area contributed by atoms with Crippen molar-refractivity contribution < 1.29 is 4.39 Å². The van der Waals surface area contributed by atoms with Gasteiger partial charge in [-0.15, -0.1) is 0 Å². The quantitative estimate of drug-likeness (QED) is 0.881. The summed E-state index contributed by atoms with van der Waals surface area (Å²) in [4.78, 5) is 0. The van der Waals surface area contributed by atoms with Gasteiger partial charge in [0.1, 0.15) is 5.82 Å². The van der Waals surface area contributed by atoms with Crippen LogP contribution in [-0.4, -0.2) is 22.9 Å². The molecule has 3 nitrogen and oxygen atoms in total. The van der Waals surface area contributed by atoms with Gasteiger partial charge < -0.3 is 5.32 Å². The summed E-state index contributed by atoms with van der Waals surface area (Å²) in [7, 11) is 0. The molecule has 94 valence electrons. The summed E-state index contributed by atoms with van der Waals surface area (Å²) < 4.78 is 15.0. The average Bonchev–Trinajstić information content (AvgIpc) is 2.99. The lowest BCUT2D eigenvalue weighted by molar-refractivity contribution is 0.480. The highest BCUT2D eigenvalue weighted by Gasteiger charge is 2.20. The maximum atomic E-state index is 12.9. The van der Waals surface area contributed by atoms with Gasteiger partial charge in [0.15, 0.2) is 0 Å². The summed E-state index contributed by atoms with van der Waals surface area (Å²) in [5.41, 5.74) is 3.25. The van der Waals surface area contributed by atoms with Crippen LogP contribution in [0.25, 0.3) is 11.1 Å². The van der Waals surface area contributed by atoms with Gasteiger partial charge in [-0.25, -0.2) is 4.39 Å². The Kier molecular flexibility index (Phi) is 2.88. The highest BCUT2D eigenvalue weighted by atomic mass is 19.1. The number of nitrogens with zero attached hydrogens (tertiary/aromatic N) is 2. The van der Waals surface area contributed by atoms with Crippen LogP contribution >= 0.6 is 0 Å². The zero-order valence-electron chi connectivity index (χ0n) is 10.4. The smallest absolute Gasteiger partial charge is 0.123 e. The zero-order chi connectivity index (χ0) is 12.5. The molecule has 0 amide bonds. The van der Waals surface area contributed by atoms with E-state index in [0.717, 1.165) is 36.3 Å². The van der Waals surface area contributed by atoms with Crippen molar-refractivity contribution in [2.45, 2.75) is 19.4 Å². The van der Waals surface area contributed by atoms with Crippen LogP contribution in [0.4, 0.5) is 4.39 Å². The van der Waals surface area contributed by atoms with Crippen molar-refractivity contribution in [3.63, 3.8) is 0 Å². The van der Waals surface area contributed by atoms with Crippen molar-refractivity contribution in [2.75, 3.05) is 13.1 Å². The number of hydrogen-bond acceptors (Lipinski definition) is 2. The Morgan fingerprint density at radius 1 is 1.33 bits per heavy atom. The number of hydrogen-bond donors (Lipinski definition) is 1. The third kappa shape index (κ3) is 1.93. The Bertz CT molecular complexity index is 539. The van der Waals surface area contributed by atoms with Gasteiger partial charge in [0.25, 0.3) is 0 Å². The monoisotopic (exact) mass is 245 g/mol. The van der Waals surface area contributed by atoms with E-state index in [1.807, 2.05) is 6.20 Å². The topological polar surface area (TPSA) is 29.9 Å². The van der Waals surface area contributed by atoms with Gasteiger partial charge in [0, 0.05) is 17.8 Å². The number of benzene rings is 1. The van der Waals surface area contributed by atoms with Gasteiger partial charge in [-0.3, -0.25) is 4.68 Å². The minimum Gasteiger partial charge on any atom is -0.315 e. The number of halogens is 1. The van der Waals surface area contributed by atoms with Crippen LogP contribution in [-0.2, 0) is 0 Å². The molecular weight excluding hydrogens is 229 g/mol. The summed E-state index contributed by atoms with van der Waals surface area (Å²) >= 11 is 0. The molecule has 1 atom stereocenters. The normalized spacial score (nSPS) is 19.3. The molecule has 1 fully saturated rings. The van der Waals surface area contributed by atoms with Crippen molar-refractivity contribution in [1.29, 1.82) is 0 Å². The van der Waals surface area contributed by atoms with E-state index in [-0.39, 0.29) is 5.82 Å². The molecule has 1 aliphatic heterocycles. The number of rotatable bonds is 2. The number of nitrogens with one attached hydrogen (secondary N) is 1. The molecule has 2 aromatic rings. The lowest BCUT2D eigenvalue weighted by atomic mass is 10.1. The standard InChI is InChI=1S/C14H16FN3/c1-10-14(11-2-4-12(15)5-3-11)9-17-18(10)13-6-7-16-8-13/h2-5,9,13,16H,6-8H2,1H3. The van der Waals surface area contributed by atoms with Gasteiger partial charge in [0.05, 0.1) is 12.2 Å². The van der Waals surface area contributed by atoms with Crippen molar-refractivity contribution in [3.05, 3.63) is 42.0 Å². The summed E-state index contributed by atoms with van der Waals surface area (Å²) in [5.74, 6) is -0.205. The van der Waals surface area contributed by atoms with Crippen molar-refractivity contribution in [2.24, 2.45) is 0 Å². The first kappa shape index (κ1) is 11.4. The SMILES string of the molecule is Cc1c(-c2ccc(F)cc2)cnn1C1CCNC1. The second kappa shape index (κ2) is 4.53. The van der Waals surface area contributed by atoms with Crippen LogP contribution in [0.5, 0.6) is 0 Å². The van der Waals surface area contributed by atoms with E-state index in [2.05, 4.69) is 22.0 Å². The number of aromatic nitrogens is 2. The van der Waals surface area contributed by atoms with E-state index < -0.39 is 0 Å². The van der Waals surface area contributed by atoms with Crippen molar-refractivity contribution in [1.82, 2.24) is 15.1 Å². The highest BCUT2D eigenvalue weighted by Crippen LogP contribution is 2.26. The maximum Gasteiger partial charge on any atom is 0.123 e. The molecule has 0 aliphatic carbocycles. The van der Waals surface area contributed by atoms with Gasteiger partial charge in [-0.2, -0.15) is 5.10 Å². The molecule has 1 N–H and O–H groups in total. The molecule has 1 saturated heterocycles. The van der Waals surface area contributed by atoms with E-state index in [4.69, 9.17) is 0 Å². The fourth-order valence-electron chi connectivity index (χ4n) is 2.55. The fourth-order valence-corrected chi connectivity index (χ4v) is 2.55. The zero-order valence-corrected chi connectivity index (χ0v) is 10.4. The molecule has 2 heterocycles. The van der Waals surface area contributed by atoms with E-state index in [1.165, 1.54) is 12.1 Å². The van der Waals surface area contributed by atoms with Crippen LogP contribution in [0.3, 0.4) is 0 Å². The summed E-state index contributed by atoms with van der Waals surface area (Å²) in [6.07, 6.45) is 2.99. The summed E-state index contributed by atoms with van der Waals surface area (Å²) in [6.45, 7) is 4.10. The molecule has 1 aromatic heterocycles. The first-order valence-corrected chi connectivity index (χ1v) is 6.26. The molecule has 4 heteroatoms. The lowest BCUT2D eigenvalue weighted by Crippen LogP contribution is -2.15. The third-order valence-electron chi connectivity index (χ3n) is 3.58. The minimum absolute atomic E-state index is 0.205. The lowest BCUT2D eigenvalue weighted by Gasteiger charge is -2.12. The van der Waals surface area contributed by atoms with Crippen molar-refractivity contribution in [3.8, 4) is 11.1 Å². The van der Waals surface area contributed by atoms with E-state index in [0.29, 0.717) is 6.04 Å². The minimum atomic E-state index is -0.205. The Balaban J connectivity index is 1.96. The van der Waals surface area contributed by atoms with Gasteiger partial charge in [-0.05, 0) is 37.6 Å². The fraction of sp³-hybridized carbons (Fsp3) is 0.357. The average molecular weight is 245 g/mol. The van der Waals surface area contributed by atoms with Crippen LogP contribution in [0, 0.1) is 12.7 Å². The first-order chi connectivity index (χ1) is 8.75. The largest absolute Gasteiger partial charge is 0.315 e. The van der Waals surface area contributed by atoms with E-state index in [9.17, 15) is 4.39 Å². The Morgan fingerprint density at radius 3 is 2.78 bits per heavy atom. The van der Waals surface area contributed by atoms with Crippen LogP contribution in [0.2, 0.25) is 0 Å². The van der Waals surface area contributed by atoms with E-state index in [1.54, 1.807) is 12.1 Å². The van der Waals surface area contributed by atoms with Crippen LogP contribution < -0.4 is 5.32 Å². The Morgan fingerprint density at radius 2 is 2.11 bits per heavy atom. The molecule has 0 spiro atoms. The second-order valence-electron chi connectivity index (χ2n) is 4.74. The second-order valence-corrected chi connectivity index (χ2v) is 4.74. The van der Waals surface area contributed by atoms with Crippen LogP contribution in [0.1, 0.15) is 18.2 Å². The Labute approximate surface area is 106 Å². The molecule has 1 aliphatic rings. The Hall–Kier alpha value is -1.68. The molecule has 0 bridgehead atoms. The van der Waals surface area contributed by atoms with Crippen LogP contribution in [0.15, 0.2) is 30.5 Å². The molecule has 1 unspecified atom stereocenters. The maximum absolute atomic E-state index is 12.9. The highest BCUT2D eigenvalue weighted by molar-refractivity contribution is 5.65. The molecule has 0 saturated carbocycles. The molecular formula is C14H16FN3. The summed E-state index contributed by atoms with van der Waals surface area (Å²) in [6, 6.07) is 7.03.